The Bertz CT molecular complexity index is 1390. The number of carboxylic acids is 1. The second kappa shape index (κ2) is 12.6. The van der Waals surface area contributed by atoms with E-state index in [9.17, 15) is 24.5 Å². The molecular weight excluding hydrogens is 484 g/mol. The third-order valence-corrected chi connectivity index (χ3v) is 5.80. The van der Waals surface area contributed by atoms with E-state index in [-0.39, 0.29) is 47.7 Å². The van der Waals surface area contributed by atoms with E-state index >= 15 is 0 Å². The largest absolute Gasteiger partial charge is 1.00 e. The first-order valence-electron chi connectivity index (χ1n) is 11.7. The number of hydrogen-bond donors (Lipinski definition) is 2. The van der Waals surface area contributed by atoms with E-state index in [0.717, 1.165) is 17.0 Å². The van der Waals surface area contributed by atoms with Gasteiger partial charge in [-0.15, -0.1) is 0 Å². The van der Waals surface area contributed by atoms with Crippen LogP contribution in [0.4, 0.5) is 4.39 Å². The number of carbonyl (C=O) groups is 1. The maximum atomic E-state index is 13.8. The zero-order valence-electron chi connectivity index (χ0n) is 21.0. The molecule has 9 heteroatoms. The molecule has 7 nitrogen and oxygen atoms in total. The Balaban J connectivity index is 0.00000380. The summed E-state index contributed by atoms with van der Waals surface area (Å²) in [6.07, 6.45) is 0.113. The Morgan fingerprint density at radius 3 is 2.38 bits per heavy atom. The Labute approximate surface area is 236 Å². The molecule has 37 heavy (non-hydrogen) atoms. The van der Waals surface area contributed by atoms with Gasteiger partial charge in [-0.25, -0.2) is 13.9 Å². The average molecular weight is 512 g/mol. The molecule has 0 aliphatic rings. The molecule has 0 fully saturated rings. The monoisotopic (exact) mass is 511 g/mol. The summed E-state index contributed by atoms with van der Waals surface area (Å²) >= 11 is 0. The predicted molar refractivity (Wildman–Crippen MR) is 133 cm³/mol. The van der Waals surface area contributed by atoms with E-state index in [4.69, 9.17) is 10.1 Å². The van der Waals surface area contributed by atoms with E-state index < -0.39 is 24.6 Å². The standard InChI is InChI=1S/C28H28FN3O4.Na/c1-17(2)27-23(13-12-21(33)14-22(34)15-26(35)36)28(19-8-10-20(29)11-9-19)32-25(30-27)16-24(31-32)18-6-4-3-5-7-18;/h3-13,16-17,21-22,33-34H,14-15H2,1-2H3,(H,35,36);/q;+1/p-1/b13-12+;/t21-,22-;/m1./s1. The predicted octanol–water partition coefficient (Wildman–Crippen LogP) is 0.595. The summed E-state index contributed by atoms with van der Waals surface area (Å²) in [5.74, 6) is -1.75. The molecule has 2 aromatic carbocycles. The SMILES string of the molecule is CC(C)c1nc2cc(-c3ccccc3)nn2c(-c2ccc(F)cc2)c1/C=C/[C@@H](O)C[C@@H](O)CC(=O)[O-].[Na+]. The van der Waals surface area contributed by atoms with Crippen molar-refractivity contribution in [1.82, 2.24) is 14.6 Å². The molecule has 0 bridgehead atoms. The van der Waals surface area contributed by atoms with Crippen molar-refractivity contribution < 1.29 is 54.1 Å². The van der Waals surface area contributed by atoms with Crippen LogP contribution in [-0.2, 0) is 4.79 Å². The summed E-state index contributed by atoms with van der Waals surface area (Å²) in [6.45, 7) is 4.00. The maximum absolute atomic E-state index is 13.8. The molecule has 0 radical (unpaired) electrons. The Morgan fingerprint density at radius 1 is 1.08 bits per heavy atom. The van der Waals surface area contributed by atoms with Crippen molar-refractivity contribution in [3.05, 3.63) is 83.8 Å². The topological polar surface area (TPSA) is 111 Å². The Hall–Kier alpha value is -2.88. The molecule has 4 aromatic rings. The first-order valence-corrected chi connectivity index (χ1v) is 11.7. The van der Waals surface area contributed by atoms with Gasteiger partial charge in [-0.1, -0.05) is 56.3 Å². The molecule has 0 aliphatic heterocycles. The number of aliphatic hydroxyl groups excluding tert-OH is 2. The summed E-state index contributed by atoms with van der Waals surface area (Å²) in [4.78, 5) is 15.6. The number of nitrogens with zero attached hydrogens (tertiary/aromatic N) is 3. The van der Waals surface area contributed by atoms with Crippen LogP contribution < -0.4 is 34.7 Å². The number of carbonyl (C=O) groups excluding carboxylic acids is 1. The van der Waals surface area contributed by atoms with Crippen molar-refractivity contribution >= 4 is 17.7 Å². The first kappa shape index (κ1) is 28.7. The van der Waals surface area contributed by atoms with Crippen molar-refractivity contribution in [2.24, 2.45) is 0 Å². The third kappa shape index (κ3) is 6.91. The average Bonchev–Trinajstić information content (AvgIpc) is 3.26. The molecule has 2 heterocycles. The van der Waals surface area contributed by atoms with Crippen molar-refractivity contribution in [3.8, 4) is 22.5 Å². The fraction of sp³-hybridized carbons (Fsp3) is 0.250. The number of aliphatic carboxylic acids is 1. The van der Waals surface area contributed by atoms with Gasteiger partial charge in [-0.3, -0.25) is 0 Å². The molecule has 0 saturated heterocycles. The number of fused-ring (bicyclic) bond motifs is 1. The van der Waals surface area contributed by atoms with Crippen LogP contribution in [0.2, 0.25) is 0 Å². The molecule has 2 N–H and O–H groups in total. The summed E-state index contributed by atoms with van der Waals surface area (Å²) in [5, 5.41) is 35.8. The number of rotatable bonds is 9. The van der Waals surface area contributed by atoms with Crippen LogP contribution in [0, 0.1) is 5.82 Å². The maximum Gasteiger partial charge on any atom is 1.00 e. The van der Waals surface area contributed by atoms with Crippen molar-refractivity contribution in [2.45, 2.75) is 44.8 Å². The molecule has 0 spiro atoms. The van der Waals surface area contributed by atoms with Crippen LogP contribution in [0.1, 0.15) is 43.9 Å². The smallest absolute Gasteiger partial charge is 0.550 e. The van der Waals surface area contributed by atoms with Gasteiger partial charge in [-0.2, -0.15) is 5.10 Å². The first-order chi connectivity index (χ1) is 17.2. The van der Waals surface area contributed by atoms with Crippen LogP contribution in [0.3, 0.4) is 0 Å². The number of hydrogen-bond acceptors (Lipinski definition) is 6. The zero-order valence-corrected chi connectivity index (χ0v) is 23.0. The van der Waals surface area contributed by atoms with E-state index in [1.165, 1.54) is 18.2 Å². The van der Waals surface area contributed by atoms with Crippen LogP contribution in [-0.4, -0.2) is 43.0 Å². The number of aromatic nitrogens is 3. The molecule has 4 rings (SSSR count). The molecule has 0 amide bonds. The normalized spacial score (nSPS) is 13.1. The quantitative estimate of drug-likeness (QED) is 0.319. The van der Waals surface area contributed by atoms with Crippen LogP contribution in [0.15, 0.2) is 66.7 Å². The molecule has 186 valence electrons. The summed E-state index contributed by atoms with van der Waals surface area (Å²) in [7, 11) is 0. The molecule has 0 unspecified atom stereocenters. The minimum absolute atomic E-state index is 0. The molecule has 2 aromatic heterocycles. The van der Waals surface area contributed by atoms with Gasteiger partial charge in [0.25, 0.3) is 0 Å². The van der Waals surface area contributed by atoms with E-state index in [1.807, 2.05) is 50.2 Å². The second-order valence-electron chi connectivity index (χ2n) is 8.98. The minimum Gasteiger partial charge on any atom is -0.550 e. The molecular formula is C28H27FN3NaO4. The summed E-state index contributed by atoms with van der Waals surface area (Å²) < 4.78 is 15.5. The number of aliphatic hydroxyl groups is 2. The number of carboxylic acid groups (broad SMARTS) is 1. The van der Waals surface area contributed by atoms with Gasteiger partial charge >= 0.3 is 29.6 Å². The Kier molecular flexibility index (Phi) is 9.75. The van der Waals surface area contributed by atoms with E-state index in [1.54, 1.807) is 22.7 Å². The molecule has 2 atom stereocenters. The summed E-state index contributed by atoms with van der Waals surface area (Å²) in [5.41, 5.74) is 5.09. The van der Waals surface area contributed by atoms with Crippen LogP contribution in [0.5, 0.6) is 0 Å². The van der Waals surface area contributed by atoms with Gasteiger partial charge in [0.1, 0.15) is 5.82 Å². The van der Waals surface area contributed by atoms with E-state index in [2.05, 4.69) is 0 Å². The van der Waals surface area contributed by atoms with Crippen LogP contribution in [0.25, 0.3) is 34.2 Å². The van der Waals surface area contributed by atoms with Gasteiger partial charge in [0.05, 0.1) is 29.3 Å². The number of halogens is 1. The van der Waals surface area contributed by atoms with Gasteiger partial charge in [0.15, 0.2) is 5.65 Å². The fourth-order valence-electron chi connectivity index (χ4n) is 4.11. The fourth-order valence-corrected chi connectivity index (χ4v) is 4.11. The van der Waals surface area contributed by atoms with Crippen LogP contribution >= 0.6 is 0 Å². The number of benzene rings is 2. The van der Waals surface area contributed by atoms with E-state index in [0.29, 0.717) is 22.5 Å². The second-order valence-corrected chi connectivity index (χ2v) is 8.98. The van der Waals surface area contributed by atoms with Crippen molar-refractivity contribution in [3.63, 3.8) is 0 Å². The Morgan fingerprint density at radius 2 is 1.76 bits per heavy atom. The molecule has 0 saturated carbocycles. The van der Waals surface area contributed by atoms with Gasteiger partial charge in [0.2, 0.25) is 0 Å². The van der Waals surface area contributed by atoms with Gasteiger partial charge in [-0.05, 0) is 30.2 Å². The summed E-state index contributed by atoms with van der Waals surface area (Å²) in [6, 6.07) is 17.7. The van der Waals surface area contributed by atoms with Crippen molar-refractivity contribution in [2.75, 3.05) is 0 Å². The van der Waals surface area contributed by atoms with Gasteiger partial charge < -0.3 is 20.1 Å². The third-order valence-electron chi connectivity index (χ3n) is 5.80. The van der Waals surface area contributed by atoms with Crippen molar-refractivity contribution in [1.29, 1.82) is 0 Å². The zero-order chi connectivity index (χ0) is 25.8. The molecule has 0 aliphatic carbocycles. The van der Waals surface area contributed by atoms with Gasteiger partial charge in [0, 0.05) is 41.6 Å². The minimum atomic E-state index is -1.39.